The van der Waals surface area contributed by atoms with Crippen LogP contribution in [0.3, 0.4) is 0 Å². The topological polar surface area (TPSA) is 90.7 Å². The van der Waals surface area contributed by atoms with E-state index in [1.807, 2.05) is 31.2 Å². The fourth-order valence-corrected chi connectivity index (χ4v) is 2.33. The van der Waals surface area contributed by atoms with Gasteiger partial charge in [-0.05, 0) is 25.0 Å². The second-order valence-electron chi connectivity index (χ2n) is 5.28. The molecule has 0 saturated heterocycles. The van der Waals surface area contributed by atoms with Crippen LogP contribution in [0.25, 0.3) is 0 Å². The van der Waals surface area contributed by atoms with E-state index in [1.54, 1.807) is 6.92 Å². The number of hydrogen-bond donors (Lipinski definition) is 2. The van der Waals surface area contributed by atoms with Gasteiger partial charge >= 0.3 is 5.97 Å². The maximum absolute atomic E-state index is 12.2. The lowest BCUT2D eigenvalue weighted by molar-refractivity contribution is -0.143. The van der Waals surface area contributed by atoms with Crippen LogP contribution in [0, 0.1) is 6.92 Å². The van der Waals surface area contributed by atoms with E-state index in [4.69, 9.17) is 15.2 Å². The molecular weight excluding hydrogens is 332 g/mol. The molecule has 0 aliphatic rings. The van der Waals surface area contributed by atoms with Crippen LogP contribution in [0.5, 0.6) is 0 Å². The van der Waals surface area contributed by atoms with Gasteiger partial charge in [0.05, 0.1) is 31.6 Å². The average molecular weight is 359 g/mol. The molecule has 0 heterocycles. The van der Waals surface area contributed by atoms with Crippen LogP contribution in [0.15, 0.2) is 24.3 Å². The molecule has 0 aromatic heterocycles. The first-order chi connectivity index (χ1) is 11.0. The van der Waals surface area contributed by atoms with Crippen LogP contribution in [0.2, 0.25) is 0 Å². The second-order valence-corrected chi connectivity index (χ2v) is 5.28. The Kier molecular flexibility index (Phi) is 11.0. The summed E-state index contributed by atoms with van der Waals surface area (Å²) in [6.45, 7) is 4.27. The van der Waals surface area contributed by atoms with E-state index in [-0.39, 0.29) is 49.8 Å². The highest BCUT2D eigenvalue weighted by Gasteiger charge is 2.22. The van der Waals surface area contributed by atoms with Crippen molar-refractivity contribution < 1.29 is 19.1 Å². The fourth-order valence-electron chi connectivity index (χ4n) is 2.33. The molecule has 0 aliphatic carbocycles. The number of aryl methyl sites for hydroxylation is 1. The van der Waals surface area contributed by atoms with E-state index in [0.29, 0.717) is 6.61 Å². The first-order valence-corrected chi connectivity index (χ1v) is 7.75. The van der Waals surface area contributed by atoms with Crippen molar-refractivity contribution in [3.05, 3.63) is 35.4 Å². The Morgan fingerprint density at radius 1 is 1.25 bits per heavy atom. The third kappa shape index (κ3) is 7.29. The molecule has 0 bridgehead atoms. The quantitative estimate of drug-likeness (QED) is 0.658. The Hall–Kier alpha value is -1.63. The highest BCUT2D eigenvalue weighted by Crippen LogP contribution is 2.21. The summed E-state index contributed by atoms with van der Waals surface area (Å²) in [7, 11) is 1.52. The molecule has 24 heavy (non-hydrogen) atoms. The van der Waals surface area contributed by atoms with E-state index in [1.165, 1.54) is 7.11 Å². The third-order valence-corrected chi connectivity index (χ3v) is 3.58. The standard InChI is InChI=1S/C17H26N2O4.ClH/c1-4-23-17(21)10-15(14-8-6-5-7-12(14)2)19-16(20)9-13(11-18)22-3;/h5-8,13,15H,4,9-11,18H2,1-3H3,(H,19,20);1H. The van der Waals surface area contributed by atoms with Crippen molar-refractivity contribution in [3.8, 4) is 0 Å². The van der Waals surface area contributed by atoms with Gasteiger partial charge in [0.1, 0.15) is 0 Å². The number of carbonyl (C=O) groups excluding carboxylic acids is 2. The first-order valence-electron chi connectivity index (χ1n) is 7.75. The Morgan fingerprint density at radius 3 is 2.46 bits per heavy atom. The van der Waals surface area contributed by atoms with Crippen molar-refractivity contribution in [2.75, 3.05) is 20.3 Å². The van der Waals surface area contributed by atoms with Crippen LogP contribution in [0.4, 0.5) is 0 Å². The molecule has 7 heteroatoms. The van der Waals surface area contributed by atoms with Gasteiger partial charge in [-0.15, -0.1) is 12.4 Å². The number of halogens is 1. The van der Waals surface area contributed by atoms with Gasteiger partial charge < -0.3 is 20.5 Å². The predicted octanol–water partition coefficient (Wildman–Crippen LogP) is 1.89. The number of nitrogens with one attached hydrogen (secondary N) is 1. The smallest absolute Gasteiger partial charge is 0.308 e. The van der Waals surface area contributed by atoms with E-state index < -0.39 is 6.04 Å². The summed E-state index contributed by atoms with van der Waals surface area (Å²) in [4.78, 5) is 24.0. The van der Waals surface area contributed by atoms with Gasteiger partial charge in [0.15, 0.2) is 0 Å². The number of hydrogen-bond acceptors (Lipinski definition) is 5. The van der Waals surface area contributed by atoms with Crippen molar-refractivity contribution in [2.24, 2.45) is 5.73 Å². The summed E-state index contributed by atoms with van der Waals surface area (Å²) < 4.78 is 10.1. The van der Waals surface area contributed by atoms with Crippen molar-refractivity contribution in [3.63, 3.8) is 0 Å². The van der Waals surface area contributed by atoms with Gasteiger partial charge in [0, 0.05) is 13.7 Å². The lowest BCUT2D eigenvalue weighted by Crippen LogP contribution is -2.35. The minimum atomic E-state index is -0.432. The maximum atomic E-state index is 12.2. The fraction of sp³-hybridized carbons (Fsp3) is 0.529. The Morgan fingerprint density at radius 2 is 1.92 bits per heavy atom. The summed E-state index contributed by atoms with van der Waals surface area (Å²) >= 11 is 0. The van der Waals surface area contributed by atoms with E-state index in [0.717, 1.165) is 11.1 Å². The largest absolute Gasteiger partial charge is 0.466 e. The van der Waals surface area contributed by atoms with Crippen LogP contribution >= 0.6 is 12.4 Å². The maximum Gasteiger partial charge on any atom is 0.308 e. The molecule has 2 unspecified atom stereocenters. The van der Waals surface area contributed by atoms with Gasteiger partial charge in [0.2, 0.25) is 5.91 Å². The van der Waals surface area contributed by atoms with Gasteiger partial charge in [-0.2, -0.15) is 0 Å². The molecule has 6 nitrogen and oxygen atoms in total. The van der Waals surface area contributed by atoms with Crippen LogP contribution in [0.1, 0.15) is 36.9 Å². The summed E-state index contributed by atoms with van der Waals surface area (Å²) in [5, 5.41) is 2.89. The lowest BCUT2D eigenvalue weighted by atomic mass is 9.98. The molecule has 0 fully saturated rings. The van der Waals surface area contributed by atoms with Gasteiger partial charge in [-0.1, -0.05) is 24.3 Å². The minimum Gasteiger partial charge on any atom is -0.466 e. The summed E-state index contributed by atoms with van der Waals surface area (Å²) in [6, 6.07) is 7.20. The normalized spacial score (nSPS) is 12.7. The third-order valence-electron chi connectivity index (χ3n) is 3.58. The molecule has 0 spiro atoms. The summed E-state index contributed by atoms with van der Waals surface area (Å²) in [5.41, 5.74) is 7.44. The zero-order valence-electron chi connectivity index (χ0n) is 14.4. The van der Waals surface area contributed by atoms with Crippen LogP contribution in [-0.2, 0) is 19.1 Å². The Bertz CT molecular complexity index is 521. The molecule has 0 saturated carbocycles. The molecule has 2 atom stereocenters. The molecule has 3 N–H and O–H groups in total. The van der Waals surface area contributed by atoms with Crippen LogP contribution < -0.4 is 11.1 Å². The Labute approximate surface area is 149 Å². The zero-order valence-corrected chi connectivity index (χ0v) is 15.2. The molecule has 1 aromatic carbocycles. The van der Waals surface area contributed by atoms with E-state index >= 15 is 0 Å². The molecule has 0 radical (unpaired) electrons. The summed E-state index contributed by atoms with van der Waals surface area (Å²) in [6.07, 6.45) is -0.0989. The van der Waals surface area contributed by atoms with Gasteiger partial charge in [-0.3, -0.25) is 9.59 Å². The first kappa shape index (κ1) is 22.4. The van der Waals surface area contributed by atoms with Crippen molar-refractivity contribution in [2.45, 2.75) is 38.8 Å². The number of carbonyl (C=O) groups is 2. The number of amides is 1. The lowest BCUT2D eigenvalue weighted by Gasteiger charge is -2.21. The molecule has 136 valence electrons. The number of methoxy groups -OCH3 is 1. The second kappa shape index (κ2) is 11.8. The number of nitrogens with two attached hydrogens (primary N) is 1. The molecule has 1 rings (SSSR count). The Balaban J connectivity index is 0.00000529. The number of benzene rings is 1. The van der Waals surface area contributed by atoms with Crippen molar-refractivity contribution >= 4 is 24.3 Å². The highest BCUT2D eigenvalue weighted by molar-refractivity contribution is 5.85. The highest BCUT2D eigenvalue weighted by atomic mass is 35.5. The number of esters is 1. The molecule has 0 aliphatic heterocycles. The minimum absolute atomic E-state index is 0. The molecule has 1 amide bonds. The molecular formula is C17H27ClN2O4. The zero-order chi connectivity index (χ0) is 17.2. The SMILES string of the molecule is CCOC(=O)CC(NC(=O)CC(CN)OC)c1ccccc1C.Cl. The number of rotatable bonds is 9. The summed E-state index contributed by atoms with van der Waals surface area (Å²) in [5.74, 6) is -0.553. The predicted molar refractivity (Wildman–Crippen MR) is 95.0 cm³/mol. The average Bonchev–Trinajstić information content (AvgIpc) is 2.52. The monoisotopic (exact) mass is 358 g/mol. The van der Waals surface area contributed by atoms with E-state index in [9.17, 15) is 9.59 Å². The van der Waals surface area contributed by atoms with Crippen molar-refractivity contribution in [1.82, 2.24) is 5.32 Å². The van der Waals surface area contributed by atoms with Crippen molar-refractivity contribution in [1.29, 1.82) is 0 Å². The number of ether oxygens (including phenoxy) is 2. The van der Waals surface area contributed by atoms with Crippen LogP contribution in [-0.4, -0.2) is 38.2 Å². The molecule has 1 aromatic rings. The van der Waals surface area contributed by atoms with Gasteiger partial charge in [0.25, 0.3) is 0 Å². The van der Waals surface area contributed by atoms with E-state index in [2.05, 4.69) is 5.32 Å². The van der Waals surface area contributed by atoms with Gasteiger partial charge in [-0.25, -0.2) is 0 Å².